The van der Waals surface area contributed by atoms with E-state index in [4.69, 9.17) is 9.52 Å². The molecule has 0 atom stereocenters. The van der Waals surface area contributed by atoms with Crippen LogP contribution in [0.15, 0.2) is 28.7 Å². The average molecular weight is 231 g/mol. The van der Waals surface area contributed by atoms with E-state index in [-0.39, 0.29) is 5.56 Å². The predicted octanol–water partition coefficient (Wildman–Crippen LogP) is 2.38. The maximum atomic E-state index is 10.8. The smallest absolute Gasteiger partial charge is 0.335 e. The maximum absolute atomic E-state index is 10.8. The molecule has 3 rings (SSSR count). The molecule has 1 fully saturated rings. The van der Waals surface area contributed by atoms with Crippen molar-refractivity contribution < 1.29 is 14.3 Å². The van der Waals surface area contributed by atoms with Crippen molar-refractivity contribution in [3.8, 4) is 0 Å². The Labute approximate surface area is 98.2 Å². The van der Waals surface area contributed by atoms with Crippen molar-refractivity contribution in [2.45, 2.75) is 25.4 Å². The number of carbonyl (C=O) groups is 1. The van der Waals surface area contributed by atoms with Crippen LogP contribution in [-0.2, 0) is 6.54 Å². The third kappa shape index (κ3) is 2.17. The minimum Gasteiger partial charge on any atom is -0.478 e. The molecule has 1 aliphatic rings. The highest BCUT2D eigenvalue weighted by atomic mass is 16.4. The highest BCUT2D eigenvalue weighted by Gasteiger charge is 2.20. The highest BCUT2D eigenvalue weighted by molar-refractivity contribution is 5.92. The number of hydrogen-bond donors (Lipinski definition) is 2. The van der Waals surface area contributed by atoms with Crippen molar-refractivity contribution in [1.82, 2.24) is 5.32 Å². The lowest BCUT2D eigenvalue weighted by molar-refractivity contribution is 0.0697. The van der Waals surface area contributed by atoms with Gasteiger partial charge in [-0.2, -0.15) is 0 Å². The first-order valence-electron chi connectivity index (χ1n) is 5.71. The van der Waals surface area contributed by atoms with E-state index in [0.29, 0.717) is 18.2 Å². The van der Waals surface area contributed by atoms with E-state index < -0.39 is 5.97 Å². The maximum Gasteiger partial charge on any atom is 0.335 e. The van der Waals surface area contributed by atoms with Gasteiger partial charge in [0.05, 0.1) is 12.1 Å². The molecular formula is C13H13NO3. The minimum atomic E-state index is -0.930. The largest absolute Gasteiger partial charge is 0.478 e. The third-order valence-corrected chi connectivity index (χ3v) is 2.96. The Morgan fingerprint density at radius 3 is 2.94 bits per heavy atom. The summed E-state index contributed by atoms with van der Waals surface area (Å²) in [6.45, 7) is 0.710. The SMILES string of the molecule is O=C(O)c1ccc2cc(CNC3CC3)oc2c1. The molecule has 88 valence electrons. The van der Waals surface area contributed by atoms with Gasteiger partial charge in [-0.25, -0.2) is 4.79 Å². The molecule has 0 unspecified atom stereocenters. The van der Waals surface area contributed by atoms with Crippen LogP contribution in [0.2, 0.25) is 0 Å². The van der Waals surface area contributed by atoms with Crippen LogP contribution in [0.4, 0.5) is 0 Å². The van der Waals surface area contributed by atoms with Crippen LogP contribution in [0, 0.1) is 0 Å². The predicted molar refractivity (Wildman–Crippen MR) is 63.0 cm³/mol. The van der Waals surface area contributed by atoms with Crippen molar-refractivity contribution in [1.29, 1.82) is 0 Å². The molecule has 1 aromatic carbocycles. The quantitative estimate of drug-likeness (QED) is 0.848. The van der Waals surface area contributed by atoms with E-state index in [1.54, 1.807) is 18.2 Å². The zero-order valence-electron chi connectivity index (χ0n) is 9.27. The van der Waals surface area contributed by atoms with E-state index in [9.17, 15) is 4.79 Å². The van der Waals surface area contributed by atoms with Gasteiger partial charge in [-0.05, 0) is 31.0 Å². The first kappa shape index (κ1) is 10.4. The monoisotopic (exact) mass is 231 g/mol. The van der Waals surface area contributed by atoms with Crippen LogP contribution in [0.1, 0.15) is 29.0 Å². The molecule has 4 heteroatoms. The Hall–Kier alpha value is -1.81. The van der Waals surface area contributed by atoms with Crippen molar-refractivity contribution in [2.24, 2.45) is 0 Å². The standard InChI is InChI=1S/C13H13NO3/c15-13(16)9-2-1-8-5-11(17-12(8)6-9)7-14-10-3-4-10/h1-2,5-6,10,14H,3-4,7H2,(H,15,16). The van der Waals surface area contributed by atoms with Crippen LogP contribution >= 0.6 is 0 Å². The molecule has 2 N–H and O–H groups in total. The third-order valence-electron chi connectivity index (χ3n) is 2.96. The first-order valence-corrected chi connectivity index (χ1v) is 5.71. The summed E-state index contributed by atoms with van der Waals surface area (Å²) in [4.78, 5) is 10.8. The van der Waals surface area contributed by atoms with Crippen LogP contribution in [-0.4, -0.2) is 17.1 Å². The van der Waals surface area contributed by atoms with Crippen LogP contribution < -0.4 is 5.32 Å². The lowest BCUT2D eigenvalue weighted by Crippen LogP contribution is -2.14. The summed E-state index contributed by atoms with van der Waals surface area (Å²) in [5.74, 6) is -0.0737. The number of aromatic carboxylic acids is 1. The Kier molecular flexibility index (Phi) is 2.37. The van der Waals surface area contributed by atoms with Gasteiger partial charge in [0.2, 0.25) is 0 Å². The number of carboxylic acids is 1. The Morgan fingerprint density at radius 2 is 2.24 bits per heavy atom. The second-order valence-electron chi connectivity index (χ2n) is 4.43. The average Bonchev–Trinajstić information content (AvgIpc) is 3.04. The molecular weight excluding hydrogens is 218 g/mol. The summed E-state index contributed by atoms with van der Waals surface area (Å²) in [5.41, 5.74) is 0.894. The van der Waals surface area contributed by atoms with Gasteiger partial charge in [0.25, 0.3) is 0 Å². The van der Waals surface area contributed by atoms with Crippen LogP contribution in [0.5, 0.6) is 0 Å². The van der Waals surface area contributed by atoms with Crippen molar-refractivity contribution in [3.05, 3.63) is 35.6 Å². The van der Waals surface area contributed by atoms with Gasteiger partial charge in [-0.3, -0.25) is 0 Å². The fraction of sp³-hybridized carbons (Fsp3) is 0.308. The van der Waals surface area contributed by atoms with Gasteiger partial charge in [-0.15, -0.1) is 0 Å². The fourth-order valence-corrected chi connectivity index (χ4v) is 1.84. The number of benzene rings is 1. The fourth-order valence-electron chi connectivity index (χ4n) is 1.84. The topological polar surface area (TPSA) is 62.5 Å². The van der Waals surface area contributed by atoms with E-state index in [1.165, 1.54) is 12.8 Å². The summed E-state index contributed by atoms with van der Waals surface area (Å²) in [6, 6.07) is 7.54. The van der Waals surface area contributed by atoms with Crippen molar-refractivity contribution >= 4 is 16.9 Å². The van der Waals surface area contributed by atoms with Crippen LogP contribution in [0.3, 0.4) is 0 Å². The molecule has 1 aliphatic carbocycles. The first-order chi connectivity index (χ1) is 8.22. The van der Waals surface area contributed by atoms with Gasteiger partial charge in [0, 0.05) is 11.4 Å². The van der Waals surface area contributed by atoms with Crippen molar-refractivity contribution in [3.63, 3.8) is 0 Å². The van der Waals surface area contributed by atoms with Gasteiger partial charge in [0.1, 0.15) is 11.3 Å². The molecule has 0 saturated heterocycles. The Morgan fingerprint density at radius 1 is 1.41 bits per heavy atom. The molecule has 0 radical (unpaired) electrons. The van der Waals surface area contributed by atoms with E-state index in [1.807, 2.05) is 6.07 Å². The Bertz CT molecular complexity index is 569. The summed E-state index contributed by atoms with van der Waals surface area (Å²) in [5, 5.41) is 13.2. The number of rotatable bonds is 4. The van der Waals surface area contributed by atoms with Gasteiger partial charge in [0.15, 0.2) is 0 Å². The van der Waals surface area contributed by atoms with Crippen molar-refractivity contribution in [2.75, 3.05) is 0 Å². The number of nitrogens with one attached hydrogen (secondary N) is 1. The number of fused-ring (bicyclic) bond motifs is 1. The molecule has 0 aliphatic heterocycles. The zero-order valence-corrected chi connectivity index (χ0v) is 9.27. The number of furan rings is 1. The minimum absolute atomic E-state index is 0.258. The van der Waals surface area contributed by atoms with Gasteiger partial charge < -0.3 is 14.8 Å². The molecule has 1 aromatic heterocycles. The van der Waals surface area contributed by atoms with E-state index in [2.05, 4.69) is 5.32 Å². The normalized spacial score (nSPS) is 15.3. The zero-order chi connectivity index (χ0) is 11.8. The van der Waals surface area contributed by atoms with Crippen LogP contribution in [0.25, 0.3) is 11.0 Å². The summed E-state index contributed by atoms with van der Waals surface area (Å²) in [6.07, 6.45) is 2.48. The number of hydrogen-bond acceptors (Lipinski definition) is 3. The highest BCUT2D eigenvalue weighted by Crippen LogP contribution is 2.23. The molecule has 4 nitrogen and oxygen atoms in total. The number of carboxylic acid groups (broad SMARTS) is 1. The molecule has 2 aromatic rings. The summed E-state index contributed by atoms with van der Waals surface area (Å²) >= 11 is 0. The molecule has 0 amide bonds. The molecule has 1 heterocycles. The lowest BCUT2D eigenvalue weighted by Gasteiger charge is -1.97. The van der Waals surface area contributed by atoms with Gasteiger partial charge >= 0.3 is 5.97 Å². The van der Waals surface area contributed by atoms with E-state index >= 15 is 0 Å². The summed E-state index contributed by atoms with van der Waals surface area (Å²) in [7, 11) is 0. The molecule has 0 bridgehead atoms. The Balaban J connectivity index is 1.86. The molecule has 17 heavy (non-hydrogen) atoms. The summed E-state index contributed by atoms with van der Waals surface area (Å²) < 4.78 is 5.61. The second kappa shape index (κ2) is 3.89. The second-order valence-corrected chi connectivity index (χ2v) is 4.43. The molecule has 0 spiro atoms. The van der Waals surface area contributed by atoms with Gasteiger partial charge in [-0.1, -0.05) is 6.07 Å². The van der Waals surface area contributed by atoms with E-state index in [0.717, 1.165) is 11.1 Å². The molecule has 1 saturated carbocycles. The lowest BCUT2D eigenvalue weighted by atomic mass is 10.2.